The molecule has 3 rings (SSSR count). The number of benzene rings is 2. The van der Waals surface area contributed by atoms with Gasteiger partial charge >= 0.3 is 0 Å². The number of sulfone groups is 1. The molecule has 5 heteroatoms. The van der Waals surface area contributed by atoms with Crippen LogP contribution in [0.4, 0.5) is 0 Å². The molecule has 3 aromatic rings. The topological polar surface area (TPSA) is 53.2 Å². The monoisotopic (exact) mass is 328 g/mol. The van der Waals surface area contributed by atoms with Crippen LogP contribution in [0.1, 0.15) is 5.56 Å². The van der Waals surface area contributed by atoms with E-state index in [9.17, 15) is 8.42 Å². The lowest BCUT2D eigenvalue weighted by molar-refractivity contribution is 0.414. The first-order chi connectivity index (χ1) is 11.0. The van der Waals surface area contributed by atoms with Gasteiger partial charge in [0.15, 0.2) is 0 Å². The van der Waals surface area contributed by atoms with Crippen molar-refractivity contribution in [3.05, 3.63) is 60.3 Å². The normalized spacial score (nSPS) is 12.1. The molecule has 0 saturated heterocycles. The second-order valence-electron chi connectivity index (χ2n) is 5.86. The van der Waals surface area contributed by atoms with Crippen molar-refractivity contribution in [2.75, 3.05) is 20.6 Å². The van der Waals surface area contributed by atoms with Crippen molar-refractivity contribution in [2.45, 2.75) is 16.2 Å². The third-order valence-corrected chi connectivity index (χ3v) is 5.74. The maximum absolute atomic E-state index is 12.9. The molecule has 0 bridgehead atoms. The zero-order chi connectivity index (χ0) is 16.4. The predicted octanol–water partition coefficient (Wildman–Crippen LogP) is 3.10. The Balaban J connectivity index is 2.09. The van der Waals surface area contributed by atoms with E-state index in [4.69, 9.17) is 0 Å². The van der Waals surface area contributed by atoms with Crippen molar-refractivity contribution in [2.24, 2.45) is 0 Å². The lowest BCUT2D eigenvalue weighted by Gasteiger charge is -2.10. The van der Waals surface area contributed by atoms with E-state index in [0.29, 0.717) is 9.79 Å². The summed E-state index contributed by atoms with van der Waals surface area (Å²) in [5, 5.41) is 0.755. The number of nitrogens with one attached hydrogen (secondary N) is 1. The van der Waals surface area contributed by atoms with Crippen LogP contribution in [0.2, 0.25) is 0 Å². The smallest absolute Gasteiger partial charge is 0.208 e. The van der Waals surface area contributed by atoms with Gasteiger partial charge in [-0.1, -0.05) is 36.4 Å². The van der Waals surface area contributed by atoms with Gasteiger partial charge in [0.05, 0.1) is 15.3 Å². The average molecular weight is 328 g/mol. The van der Waals surface area contributed by atoms with E-state index in [1.165, 1.54) is 0 Å². The van der Waals surface area contributed by atoms with Crippen molar-refractivity contribution in [1.29, 1.82) is 0 Å². The fourth-order valence-electron chi connectivity index (χ4n) is 2.69. The van der Waals surface area contributed by atoms with Gasteiger partial charge in [-0.05, 0) is 38.2 Å². The summed E-state index contributed by atoms with van der Waals surface area (Å²) in [6.07, 6.45) is 2.47. The van der Waals surface area contributed by atoms with Crippen LogP contribution in [0.5, 0.6) is 0 Å². The van der Waals surface area contributed by atoms with E-state index < -0.39 is 9.84 Å². The van der Waals surface area contributed by atoms with Gasteiger partial charge in [-0.3, -0.25) is 0 Å². The van der Waals surface area contributed by atoms with Crippen LogP contribution in [0.25, 0.3) is 10.9 Å². The van der Waals surface area contributed by atoms with E-state index >= 15 is 0 Å². The Kier molecular flexibility index (Phi) is 4.24. The molecule has 0 radical (unpaired) electrons. The molecule has 4 nitrogen and oxygen atoms in total. The van der Waals surface area contributed by atoms with Gasteiger partial charge in [0.25, 0.3) is 0 Å². The van der Waals surface area contributed by atoms with Crippen LogP contribution in [-0.2, 0) is 16.3 Å². The highest BCUT2D eigenvalue weighted by molar-refractivity contribution is 7.91. The molecule has 0 amide bonds. The number of fused-ring (bicyclic) bond motifs is 1. The fraction of sp³-hybridized carbons (Fsp3) is 0.222. The number of aromatic amines is 1. The van der Waals surface area contributed by atoms with Crippen molar-refractivity contribution in [3.63, 3.8) is 0 Å². The van der Waals surface area contributed by atoms with E-state index in [-0.39, 0.29) is 0 Å². The zero-order valence-corrected chi connectivity index (χ0v) is 14.1. The van der Waals surface area contributed by atoms with Crippen LogP contribution in [0.3, 0.4) is 0 Å². The number of aromatic nitrogens is 1. The third-order valence-electron chi connectivity index (χ3n) is 3.94. The highest BCUT2D eigenvalue weighted by Gasteiger charge is 2.22. The van der Waals surface area contributed by atoms with Gasteiger partial charge in [0.2, 0.25) is 9.84 Å². The van der Waals surface area contributed by atoms with Gasteiger partial charge in [-0.15, -0.1) is 0 Å². The summed E-state index contributed by atoms with van der Waals surface area (Å²) in [5.74, 6) is 0. The molecule has 0 aliphatic carbocycles. The van der Waals surface area contributed by atoms with Gasteiger partial charge in [0.1, 0.15) is 0 Å². The maximum Gasteiger partial charge on any atom is 0.208 e. The molecule has 0 unspecified atom stereocenters. The SMILES string of the molecule is CN(C)CCc1cccc2c(S(=O)(=O)c3ccccc3)c[nH]c12. The molecule has 0 aliphatic rings. The van der Waals surface area contributed by atoms with E-state index in [2.05, 4.69) is 9.88 Å². The molecule has 23 heavy (non-hydrogen) atoms. The quantitative estimate of drug-likeness (QED) is 0.783. The number of nitrogens with zero attached hydrogens (tertiary/aromatic N) is 1. The molecule has 1 heterocycles. The lowest BCUT2D eigenvalue weighted by Crippen LogP contribution is -2.15. The fourth-order valence-corrected chi connectivity index (χ4v) is 4.14. The second-order valence-corrected chi connectivity index (χ2v) is 7.78. The summed E-state index contributed by atoms with van der Waals surface area (Å²) >= 11 is 0. The first-order valence-corrected chi connectivity index (χ1v) is 9.02. The molecule has 0 spiro atoms. The summed E-state index contributed by atoms with van der Waals surface area (Å²) in [6, 6.07) is 14.4. The Morgan fingerprint density at radius 1 is 1.00 bits per heavy atom. The second kappa shape index (κ2) is 6.18. The van der Waals surface area contributed by atoms with Gasteiger partial charge in [-0.2, -0.15) is 0 Å². The summed E-state index contributed by atoms with van der Waals surface area (Å²) in [5.41, 5.74) is 2.04. The first-order valence-electron chi connectivity index (χ1n) is 7.54. The Morgan fingerprint density at radius 3 is 2.43 bits per heavy atom. The minimum absolute atomic E-state index is 0.319. The molecular formula is C18H20N2O2S. The third kappa shape index (κ3) is 3.02. The molecule has 0 saturated carbocycles. The molecule has 120 valence electrons. The molecule has 0 atom stereocenters. The van der Waals surface area contributed by atoms with Crippen LogP contribution >= 0.6 is 0 Å². The van der Waals surface area contributed by atoms with Crippen LogP contribution < -0.4 is 0 Å². The minimum Gasteiger partial charge on any atom is -0.360 e. The largest absolute Gasteiger partial charge is 0.360 e. The van der Waals surface area contributed by atoms with Gasteiger partial charge < -0.3 is 9.88 Å². The molecule has 2 aromatic carbocycles. The summed E-state index contributed by atoms with van der Waals surface area (Å²) in [6.45, 7) is 0.916. The van der Waals surface area contributed by atoms with Gasteiger partial charge in [0, 0.05) is 18.1 Å². The summed E-state index contributed by atoms with van der Waals surface area (Å²) < 4.78 is 25.7. The molecular weight excluding hydrogens is 308 g/mol. The number of hydrogen-bond donors (Lipinski definition) is 1. The van der Waals surface area contributed by atoms with Crippen molar-refractivity contribution in [1.82, 2.24) is 9.88 Å². The van der Waals surface area contributed by atoms with E-state index in [1.807, 2.05) is 38.4 Å². The van der Waals surface area contributed by atoms with Crippen LogP contribution in [0, 0.1) is 0 Å². The van der Waals surface area contributed by atoms with E-state index in [1.54, 1.807) is 30.5 Å². The molecule has 0 aliphatic heterocycles. The Hall–Kier alpha value is -2.11. The van der Waals surface area contributed by atoms with Crippen LogP contribution in [0.15, 0.2) is 64.5 Å². The Bertz CT molecular complexity index is 913. The Morgan fingerprint density at radius 2 is 1.74 bits per heavy atom. The number of H-pyrrole nitrogens is 1. The van der Waals surface area contributed by atoms with Crippen LogP contribution in [-0.4, -0.2) is 38.9 Å². The maximum atomic E-state index is 12.9. The minimum atomic E-state index is -3.51. The van der Waals surface area contributed by atoms with Crippen molar-refractivity contribution < 1.29 is 8.42 Å². The standard InChI is InChI=1S/C18H20N2O2S/c1-20(2)12-11-14-7-6-10-16-17(13-19-18(14)16)23(21,22)15-8-4-3-5-9-15/h3-10,13,19H,11-12H2,1-2H3. The number of rotatable bonds is 5. The Labute approximate surface area is 136 Å². The number of para-hydroxylation sites is 1. The van der Waals surface area contributed by atoms with Crippen molar-refractivity contribution >= 4 is 20.7 Å². The molecule has 1 N–H and O–H groups in total. The van der Waals surface area contributed by atoms with E-state index in [0.717, 1.165) is 29.4 Å². The highest BCUT2D eigenvalue weighted by atomic mass is 32.2. The summed E-state index contributed by atoms with van der Waals surface area (Å²) in [7, 11) is 0.544. The first kappa shape index (κ1) is 15.8. The predicted molar refractivity (Wildman–Crippen MR) is 92.5 cm³/mol. The molecule has 1 aromatic heterocycles. The van der Waals surface area contributed by atoms with Gasteiger partial charge in [-0.25, -0.2) is 8.42 Å². The zero-order valence-electron chi connectivity index (χ0n) is 13.3. The van der Waals surface area contributed by atoms with Crippen molar-refractivity contribution in [3.8, 4) is 0 Å². The highest BCUT2D eigenvalue weighted by Crippen LogP contribution is 2.30. The lowest BCUT2D eigenvalue weighted by atomic mass is 10.1. The number of likely N-dealkylation sites (N-methyl/N-ethyl adjacent to an activating group) is 1. The molecule has 0 fully saturated rings. The summed E-state index contributed by atoms with van der Waals surface area (Å²) in [4.78, 5) is 5.93. The number of hydrogen-bond acceptors (Lipinski definition) is 3. The average Bonchev–Trinajstić information content (AvgIpc) is 2.99.